The number of aliphatic hydroxyl groups excluding tert-OH is 2. The van der Waals surface area contributed by atoms with Crippen LogP contribution in [0.3, 0.4) is 0 Å². The van der Waals surface area contributed by atoms with Crippen LogP contribution in [0.2, 0.25) is 5.02 Å². The predicted octanol–water partition coefficient (Wildman–Crippen LogP) is 1.58. The van der Waals surface area contributed by atoms with Crippen molar-refractivity contribution in [2.45, 2.75) is 31.7 Å². The van der Waals surface area contributed by atoms with Gasteiger partial charge in [0.15, 0.2) is 0 Å². The van der Waals surface area contributed by atoms with Crippen molar-refractivity contribution in [3.8, 4) is 0 Å². The van der Waals surface area contributed by atoms with Crippen LogP contribution in [0.4, 0.5) is 0 Å². The molecule has 112 valence electrons. The summed E-state index contributed by atoms with van der Waals surface area (Å²) in [6, 6.07) is 7.53. The van der Waals surface area contributed by atoms with Crippen molar-refractivity contribution < 1.29 is 14.9 Å². The molecule has 3 N–H and O–H groups in total. The second-order valence-corrected chi connectivity index (χ2v) is 5.82. The third-order valence-electron chi connectivity index (χ3n) is 3.55. The predicted molar refractivity (Wildman–Crippen MR) is 78.7 cm³/mol. The van der Waals surface area contributed by atoms with Gasteiger partial charge in [0.1, 0.15) is 0 Å². The quantitative estimate of drug-likeness (QED) is 0.682. The van der Waals surface area contributed by atoms with Gasteiger partial charge in [0.25, 0.3) is 0 Å². The number of ether oxygens (including phenoxy) is 1. The maximum atomic E-state index is 9.78. The van der Waals surface area contributed by atoms with Gasteiger partial charge in [0.05, 0.1) is 25.4 Å². The molecule has 1 unspecified atom stereocenters. The van der Waals surface area contributed by atoms with Crippen LogP contribution in [0.15, 0.2) is 24.3 Å². The molecule has 0 spiro atoms. The molecule has 5 heteroatoms. The molecule has 0 aromatic heterocycles. The largest absolute Gasteiger partial charge is 0.393 e. The van der Waals surface area contributed by atoms with Gasteiger partial charge in [-0.1, -0.05) is 29.8 Å². The van der Waals surface area contributed by atoms with Gasteiger partial charge in [0.2, 0.25) is 0 Å². The SMILES string of the molecule is OC(CNCC1CC(O)C1)COCc1ccccc1Cl. The first-order chi connectivity index (χ1) is 9.65. The minimum Gasteiger partial charge on any atom is -0.393 e. The fourth-order valence-electron chi connectivity index (χ4n) is 2.30. The Morgan fingerprint density at radius 1 is 1.35 bits per heavy atom. The summed E-state index contributed by atoms with van der Waals surface area (Å²) in [6.45, 7) is 2.05. The lowest BCUT2D eigenvalue weighted by molar-refractivity contribution is 0.0221. The second-order valence-electron chi connectivity index (χ2n) is 5.41. The van der Waals surface area contributed by atoms with Gasteiger partial charge in [-0.05, 0) is 36.9 Å². The van der Waals surface area contributed by atoms with E-state index in [1.165, 1.54) is 0 Å². The molecule has 1 aliphatic rings. The minimum absolute atomic E-state index is 0.120. The van der Waals surface area contributed by atoms with Crippen LogP contribution < -0.4 is 5.32 Å². The van der Waals surface area contributed by atoms with Crippen LogP contribution in [-0.4, -0.2) is 42.1 Å². The number of halogens is 1. The first-order valence-electron chi connectivity index (χ1n) is 7.03. The van der Waals surface area contributed by atoms with Crippen molar-refractivity contribution in [1.29, 1.82) is 0 Å². The highest BCUT2D eigenvalue weighted by Gasteiger charge is 2.26. The summed E-state index contributed by atoms with van der Waals surface area (Å²) in [5.74, 6) is 0.543. The summed E-state index contributed by atoms with van der Waals surface area (Å²) in [4.78, 5) is 0. The molecule has 0 saturated heterocycles. The molecule has 1 aromatic rings. The third-order valence-corrected chi connectivity index (χ3v) is 3.92. The summed E-state index contributed by atoms with van der Waals surface area (Å²) >= 11 is 6.02. The van der Waals surface area contributed by atoms with E-state index in [-0.39, 0.29) is 12.7 Å². The van der Waals surface area contributed by atoms with Crippen LogP contribution >= 0.6 is 11.6 Å². The molecule has 4 nitrogen and oxygen atoms in total. The molecule has 1 aromatic carbocycles. The van der Waals surface area contributed by atoms with Crippen LogP contribution in [0.5, 0.6) is 0 Å². The first-order valence-corrected chi connectivity index (χ1v) is 7.41. The third kappa shape index (κ3) is 5.04. The molecule has 1 fully saturated rings. The Bertz CT molecular complexity index is 410. The number of rotatable bonds is 8. The van der Waals surface area contributed by atoms with E-state index in [1.807, 2.05) is 24.3 Å². The van der Waals surface area contributed by atoms with Gasteiger partial charge in [0, 0.05) is 11.6 Å². The van der Waals surface area contributed by atoms with Gasteiger partial charge in [-0.15, -0.1) is 0 Å². The van der Waals surface area contributed by atoms with Gasteiger partial charge >= 0.3 is 0 Å². The van der Waals surface area contributed by atoms with Crippen LogP contribution in [-0.2, 0) is 11.3 Å². The molecule has 1 atom stereocenters. The monoisotopic (exact) mass is 299 g/mol. The van der Waals surface area contributed by atoms with Gasteiger partial charge < -0.3 is 20.3 Å². The molecule has 1 aliphatic carbocycles. The van der Waals surface area contributed by atoms with E-state index < -0.39 is 6.10 Å². The van der Waals surface area contributed by atoms with Crippen LogP contribution in [0.1, 0.15) is 18.4 Å². The van der Waals surface area contributed by atoms with E-state index in [4.69, 9.17) is 21.4 Å². The second kappa shape index (κ2) is 7.96. The zero-order valence-corrected chi connectivity index (χ0v) is 12.2. The van der Waals surface area contributed by atoms with Crippen LogP contribution in [0.25, 0.3) is 0 Å². The number of aliphatic hydroxyl groups is 2. The van der Waals surface area contributed by atoms with Crippen molar-refractivity contribution in [1.82, 2.24) is 5.32 Å². The highest BCUT2D eigenvalue weighted by atomic mass is 35.5. The lowest BCUT2D eigenvalue weighted by Crippen LogP contribution is -2.39. The summed E-state index contributed by atoms with van der Waals surface area (Å²) in [5.41, 5.74) is 0.929. The van der Waals surface area contributed by atoms with Crippen LogP contribution in [0, 0.1) is 5.92 Å². The Morgan fingerprint density at radius 3 is 2.80 bits per heavy atom. The Morgan fingerprint density at radius 2 is 2.10 bits per heavy atom. The molecule has 20 heavy (non-hydrogen) atoms. The highest BCUT2D eigenvalue weighted by Crippen LogP contribution is 2.25. The number of nitrogens with one attached hydrogen (secondary N) is 1. The maximum absolute atomic E-state index is 9.78. The van der Waals surface area contributed by atoms with Crippen molar-refractivity contribution >= 4 is 11.6 Å². The van der Waals surface area contributed by atoms with Crippen molar-refractivity contribution in [2.75, 3.05) is 19.7 Å². The van der Waals surface area contributed by atoms with E-state index >= 15 is 0 Å². The van der Waals surface area contributed by atoms with Gasteiger partial charge in [-0.25, -0.2) is 0 Å². The Hall–Kier alpha value is -0.650. The molecule has 0 amide bonds. The minimum atomic E-state index is -0.525. The van der Waals surface area contributed by atoms with E-state index in [2.05, 4.69) is 5.32 Å². The van der Waals surface area contributed by atoms with E-state index in [0.29, 0.717) is 24.1 Å². The lowest BCUT2D eigenvalue weighted by Gasteiger charge is -2.31. The maximum Gasteiger partial charge on any atom is 0.0897 e. The average Bonchev–Trinajstić information content (AvgIpc) is 2.39. The molecule has 1 saturated carbocycles. The molecular formula is C15H22ClNO3. The average molecular weight is 300 g/mol. The van der Waals surface area contributed by atoms with Gasteiger partial charge in [-0.3, -0.25) is 0 Å². The smallest absolute Gasteiger partial charge is 0.0897 e. The molecule has 0 bridgehead atoms. The first kappa shape index (κ1) is 15.7. The summed E-state index contributed by atoms with van der Waals surface area (Å²) in [5, 5.41) is 22.8. The number of hydrogen-bond donors (Lipinski definition) is 3. The zero-order chi connectivity index (χ0) is 14.4. The number of hydrogen-bond acceptors (Lipinski definition) is 4. The Balaban J connectivity index is 1.54. The van der Waals surface area contributed by atoms with Crippen molar-refractivity contribution in [3.63, 3.8) is 0 Å². The van der Waals surface area contributed by atoms with E-state index in [9.17, 15) is 5.11 Å². The van der Waals surface area contributed by atoms with Crippen molar-refractivity contribution in [3.05, 3.63) is 34.9 Å². The summed E-state index contributed by atoms with van der Waals surface area (Å²) in [6.07, 6.45) is 1.09. The Labute approximate surface area is 124 Å². The fourth-order valence-corrected chi connectivity index (χ4v) is 2.49. The molecule has 2 rings (SSSR count). The summed E-state index contributed by atoms with van der Waals surface area (Å²) < 4.78 is 5.46. The molecule has 0 heterocycles. The highest BCUT2D eigenvalue weighted by molar-refractivity contribution is 6.31. The standard InChI is InChI=1S/C15H22ClNO3/c16-15-4-2-1-3-12(15)9-20-10-14(19)8-17-7-11-5-13(18)6-11/h1-4,11,13-14,17-19H,5-10H2. The molecule has 0 radical (unpaired) electrons. The molecular weight excluding hydrogens is 278 g/mol. The van der Waals surface area contributed by atoms with Crippen molar-refractivity contribution in [2.24, 2.45) is 5.92 Å². The normalized spacial score (nSPS) is 23.4. The van der Waals surface area contributed by atoms with E-state index in [1.54, 1.807) is 0 Å². The fraction of sp³-hybridized carbons (Fsp3) is 0.600. The Kier molecular flexibility index (Phi) is 6.26. The number of benzene rings is 1. The topological polar surface area (TPSA) is 61.7 Å². The zero-order valence-electron chi connectivity index (χ0n) is 11.5. The van der Waals surface area contributed by atoms with E-state index in [0.717, 1.165) is 24.9 Å². The molecule has 0 aliphatic heterocycles. The van der Waals surface area contributed by atoms with Gasteiger partial charge in [-0.2, -0.15) is 0 Å². The summed E-state index contributed by atoms with van der Waals surface area (Å²) in [7, 11) is 0. The lowest BCUT2D eigenvalue weighted by atomic mass is 9.82.